The van der Waals surface area contributed by atoms with E-state index in [9.17, 15) is 18.0 Å². The zero-order valence-corrected chi connectivity index (χ0v) is 18.8. The highest BCUT2D eigenvalue weighted by atomic mass is 32.2. The van der Waals surface area contributed by atoms with E-state index < -0.39 is 15.9 Å². The zero-order chi connectivity index (χ0) is 22.7. The number of ether oxygens (including phenoxy) is 1. The Kier molecular flexibility index (Phi) is 6.59. The number of hydrogen-bond donors (Lipinski definition) is 1. The lowest BCUT2D eigenvalue weighted by Crippen LogP contribution is -2.43. The van der Waals surface area contributed by atoms with Crippen LogP contribution in [0.25, 0.3) is 0 Å². The largest absolute Gasteiger partial charge is 0.379 e. The summed E-state index contributed by atoms with van der Waals surface area (Å²) in [6, 6.07) is 14.4. The molecule has 2 aromatic rings. The summed E-state index contributed by atoms with van der Waals surface area (Å²) in [5.74, 6) is -1.00. The zero-order valence-electron chi connectivity index (χ0n) is 18.0. The molecule has 1 N–H and O–H groups in total. The maximum atomic E-state index is 12.9. The normalized spacial score (nSPS) is 19.7. The number of amides is 2. The molecule has 0 radical (unpaired) electrons. The molecule has 170 valence electrons. The molecule has 1 atom stereocenters. The second kappa shape index (κ2) is 9.40. The molecule has 0 aliphatic carbocycles. The molecule has 2 saturated heterocycles. The number of anilines is 1. The average Bonchev–Trinajstić information content (AvgIpc) is 3.07. The molecule has 2 aromatic carbocycles. The topological polar surface area (TPSA) is 96.0 Å². The van der Waals surface area contributed by atoms with Crippen molar-refractivity contribution in [3.63, 3.8) is 0 Å². The van der Waals surface area contributed by atoms with Crippen LogP contribution in [0.3, 0.4) is 0 Å². The number of aryl methyl sites for hydroxylation is 1. The van der Waals surface area contributed by atoms with Crippen LogP contribution in [-0.4, -0.2) is 63.7 Å². The molecule has 9 heteroatoms. The van der Waals surface area contributed by atoms with Gasteiger partial charge in [0.15, 0.2) is 0 Å². The highest BCUT2D eigenvalue weighted by Gasteiger charge is 2.36. The van der Waals surface area contributed by atoms with Crippen molar-refractivity contribution < 1.29 is 22.7 Å². The minimum Gasteiger partial charge on any atom is -0.379 e. The van der Waals surface area contributed by atoms with Crippen LogP contribution in [0, 0.1) is 6.92 Å². The van der Waals surface area contributed by atoms with E-state index in [1.165, 1.54) is 17.7 Å². The lowest BCUT2D eigenvalue weighted by Gasteiger charge is -2.35. The lowest BCUT2D eigenvalue weighted by atomic mass is 10.0. The smallest absolute Gasteiger partial charge is 0.251 e. The highest BCUT2D eigenvalue weighted by Crippen LogP contribution is 2.26. The number of nitrogens with zero attached hydrogens (tertiary/aromatic N) is 2. The Morgan fingerprint density at radius 2 is 1.84 bits per heavy atom. The van der Waals surface area contributed by atoms with Gasteiger partial charge in [0.2, 0.25) is 15.9 Å². The van der Waals surface area contributed by atoms with Crippen molar-refractivity contribution in [3.8, 4) is 0 Å². The van der Waals surface area contributed by atoms with Crippen molar-refractivity contribution in [1.29, 1.82) is 0 Å². The van der Waals surface area contributed by atoms with Gasteiger partial charge in [-0.3, -0.25) is 14.5 Å². The van der Waals surface area contributed by atoms with Gasteiger partial charge in [-0.25, -0.2) is 12.7 Å². The maximum absolute atomic E-state index is 12.9. The molecule has 0 bridgehead atoms. The van der Waals surface area contributed by atoms with Crippen molar-refractivity contribution in [2.24, 2.45) is 0 Å². The SMILES string of the molecule is Cc1ccc([C@H](CNC(=O)c2cccc(N3C(=O)CCS3(=O)=O)c2)N2CCOCC2)cc1. The summed E-state index contributed by atoms with van der Waals surface area (Å²) >= 11 is 0. The van der Waals surface area contributed by atoms with Gasteiger partial charge in [-0.2, -0.15) is 0 Å². The molecule has 2 heterocycles. The molecule has 2 aliphatic heterocycles. The third-order valence-corrected chi connectivity index (χ3v) is 7.52. The van der Waals surface area contributed by atoms with E-state index in [1.807, 2.05) is 6.92 Å². The first-order valence-electron chi connectivity index (χ1n) is 10.7. The van der Waals surface area contributed by atoms with Gasteiger partial charge in [0, 0.05) is 31.6 Å². The van der Waals surface area contributed by atoms with Crippen LogP contribution in [0.5, 0.6) is 0 Å². The molecule has 0 saturated carbocycles. The fraction of sp³-hybridized carbons (Fsp3) is 0.391. The van der Waals surface area contributed by atoms with Crippen molar-refractivity contribution in [1.82, 2.24) is 10.2 Å². The molecule has 4 rings (SSSR count). The second-order valence-corrected chi connectivity index (χ2v) is 10.00. The number of carbonyl (C=O) groups is 2. The molecule has 0 spiro atoms. The first-order valence-corrected chi connectivity index (χ1v) is 12.3. The Morgan fingerprint density at radius 3 is 2.50 bits per heavy atom. The van der Waals surface area contributed by atoms with Crippen LogP contribution in [0.2, 0.25) is 0 Å². The van der Waals surface area contributed by atoms with E-state index in [0.717, 1.165) is 23.0 Å². The van der Waals surface area contributed by atoms with Crippen molar-refractivity contribution in [2.45, 2.75) is 19.4 Å². The van der Waals surface area contributed by atoms with Gasteiger partial charge in [-0.05, 0) is 30.7 Å². The third-order valence-electron chi connectivity index (χ3n) is 5.83. The van der Waals surface area contributed by atoms with Gasteiger partial charge in [-0.15, -0.1) is 0 Å². The van der Waals surface area contributed by atoms with E-state index in [0.29, 0.717) is 25.3 Å². The predicted molar refractivity (Wildman–Crippen MR) is 121 cm³/mol. The summed E-state index contributed by atoms with van der Waals surface area (Å²) in [5.41, 5.74) is 2.78. The van der Waals surface area contributed by atoms with Gasteiger partial charge >= 0.3 is 0 Å². The predicted octanol–water partition coefficient (Wildman–Crippen LogP) is 1.86. The van der Waals surface area contributed by atoms with E-state index in [-0.39, 0.29) is 29.8 Å². The van der Waals surface area contributed by atoms with Gasteiger partial charge < -0.3 is 10.1 Å². The van der Waals surface area contributed by atoms with Crippen molar-refractivity contribution in [3.05, 3.63) is 65.2 Å². The molecule has 8 nitrogen and oxygen atoms in total. The van der Waals surface area contributed by atoms with Crippen LogP contribution in [0.15, 0.2) is 48.5 Å². The monoisotopic (exact) mass is 457 g/mol. The summed E-state index contributed by atoms with van der Waals surface area (Å²) in [5, 5.41) is 2.98. The lowest BCUT2D eigenvalue weighted by molar-refractivity contribution is -0.116. The number of nitrogens with one attached hydrogen (secondary N) is 1. The number of benzene rings is 2. The van der Waals surface area contributed by atoms with Crippen molar-refractivity contribution in [2.75, 3.05) is 42.9 Å². The number of sulfonamides is 1. The molecule has 0 aromatic heterocycles. The summed E-state index contributed by atoms with van der Waals surface area (Å²) in [6.45, 7) is 5.28. The summed E-state index contributed by atoms with van der Waals surface area (Å²) < 4.78 is 30.7. The average molecular weight is 458 g/mol. The Bertz CT molecular complexity index is 1090. The molecular weight excluding hydrogens is 430 g/mol. The second-order valence-electron chi connectivity index (χ2n) is 8.06. The fourth-order valence-corrected chi connectivity index (χ4v) is 5.52. The molecule has 2 amide bonds. The quantitative estimate of drug-likeness (QED) is 0.712. The third kappa shape index (κ3) is 4.85. The molecule has 2 aliphatic rings. The van der Waals surface area contributed by atoms with Crippen LogP contribution in [0.1, 0.15) is 33.9 Å². The van der Waals surface area contributed by atoms with Gasteiger partial charge in [0.05, 0.1) is 30.7 Å². The van der Waals surface area contributed by atoms with Crippen LogP contribution in [-0.2, 0) is 19.6 Å². The van der Waals surface area contributed by atoms with Crippen LogP contribution in [0.4, 0.5) is 5.69 Å². The molecular formula is C23H27N3O5S. The Hall–Kier alpha value is -2.75. The number of carbonyl (C=O) groups excluding carboxylic acids is 2. The van der Waals surface area contributed by atoms with Crippen LogP contribution >= 0.6 is 0 Å². The van der Waals surface area contributed by atoms with Gasteiger partial charge in [0.25, 0.3) is 5.91 Å². The van der Waals surface area contributed by atoms with Crippen molar-refractivity contribution >= 4 is 27.5 Å². The Morgan fingerprint density at radius 1 is 1.12 bits per heavy atom. The maximum Gasteiger partial charge on any atom is 0.251 e. The van der Waals surface area contributed by atoms with Gasteiger partial charge in [0.1, 0.15) is 0 Å². The number of hydrogen-bond acceptors (Lipinski definition) is 6. The van der Waals surface area contributed by atoms with E-state index in [4.69, 9.17) is 4.74 Å². The minimum absolute atomic E-state index is 0.00725. The van der Waals surface area contributed by atoms with Gasteiger partial charge in [-0.1, -0.05) is 35.9 Å². The standard InChI is InChI=1S/C23H27N3O5S/c1-17-5-7-18(8-6-17)21(25-10-12-31-13-11-25)16-24-23(28)19-3-2-4-20(15-19)26-22(27)9-14-32(26,29)30/h2-8,15,21H,9-14,16H2,1H3,(H,24,28)/t21-/m0/s1. The van der Waals surface area contributed by atoms with E-state index in [1.54, 1.807) is 12.1 Å². The van der Waals surface area contributed by atoms with E-state index in [2.05, 4.69) is 34.5 Å². The fourth-order valence-electron chi connectivity index (χ4n) is 4.07. The molecule has 2 fully saturated rings. The summed E-state index contributed by atoms with van der Waals surface area (Å²) in [6.07, 6.45) is -0.0451. The number of morpholine rings is 1. The highest BCUT2D eigenvalue weighted by molar-refractivity contribution is 7.94. The molecule has 32 heavy (non-hydrogen) atoms. The Balaban J connectivity index is 1.51. The summed E-state index contributed by atoms with van der Waals surface area (Å²) in [4.78, 5) is 27.3. The molecule has 0 unspecified atom stereocenters. The van der Waals surface area contributed by atoms with Crippen LogP contribution < -0.4 is 9.62 Å². The first-order chi connectivity index (χ1) is 15.3. The minimum atomic E-state index is -3.68. The number of rotatable bonds is 6. The van der Waals surface area contributed by atoms with E-state index >= 15 is 0 Å². The summed E-state index contributed by atoms with van der Waals surface area (Å²) in [7, 11) is -3.68. The Labute approximate surface area is 188 Å². The first kappa shape index (κ1) is 22.4.